The molecule has 1 heterocycles. The average molecular weight is 387 g/mol. The molecule has 0 saturated heterocycles. The van der Waals surface area contributed by atoms with Gasteiger partial charge >= 0.3 is 6.18 Å². The third-order valence-corrected chi connectivity index (χ3v) is 4.21. The van der Waals surface area contributed by atoms with Crippen molar-refractivity contribution in [1.82, 2.24) is 4.57 Å². The van der Waals surface area contributed by atoms with Crippen LogP contribution in [-0.2, 0) is 17.5 Å². The first kappa shape index (κ1) is 19.2. The van der Waals surface area contributed by atoms with Crippen molar-refractivity contribution in [2.24, 2.45) is 5.73 Å². The topological polar surface area (TPSA) is 77.1 Å². The summed E-state index contributed by atoms with van der Waals surface area (Å²) in [6.45, 7) is 3.49. The van der Waals surface area contributed by atoms with Gasteiger partial charge in [0.2, 0.25) is 5.91 Å². The van der Waals surface area contributed by atoms with Gasteiger partial charge in [0.05, 0.1) is 11.1 Å². The van der Waals surface area contributed by atoms with Crippen molar-refractivity contribution in [1.29, 1.82) is 0 Å². The largest absolute Gasteiger partial charge is 0.416 e. The Kier molecular flexibility index (Phi) is 4.96. The third-order valence-electron chi connectivity index (χ3n) is 4.21. The molecule has 0 unspecified atom stereocenters. The van der Waals surface area contributed by atoms with Crippen LogP contribution in [-0.4, -0.2) is 16.4 Å². The van der Waals surface area contributed by atoms with Crippen LogP contribution in [0.5, 0.6) is 0 Å². The number of rotatable bonds is 5. The molecule has 0 radical (unpaired) electrons. The zero-order chi connectivity index (χ0) is 20.5. The molecule has 0 aliphatic carbocycles. The second-order valence-corrected chi connectivity index (χ2v) is 6.16. The number of aromatic nitrogens is 1. The van der Waals surface area contributed by atoms with Crippen LogP contribution in [0.1, 0.15) is 21.5 Å². The second-order valence-electron chi connectivity index (χ2n) is 6.16. The van der Waals surface area contributed by atoms with E-state index in [2.05, 4.69) is 11.9 Å². The van der Waals surface area contributed by atoms with E-state index in [1.54, 1.807) is 28.8 Å². The van der Waals surface area contributed by atoms with Crippen molar-refractivity contribution in [3.05, 3.63) is 78.0 Å². The van der Waals surface area contributed by atoms with Gasteiger partial charge in [0, 0.05) is 29.3 Å². The molecule has 0 aliphatic rings. The molecule has 0 fully saturated rings. The van der Waals surface area contributed by atoms with Gasteiger partial charge in [0.1, 0.15) is 0 Å². The fraction of sp³-hybridized carbons (Fsp3) is 0.100. The van der Waals surface area contributed by atoms with E-state index in [1.807, 2.05) is 0 Å². The van der Waals surface area contributed by atoms with E-state index in [9.17, 15) is 22.8 Å². The zero-order valence-corrected chi connectivity index (χ0v) is 14.6. The van der Waals surface area contributed by atoms with Gasteiger partial charge in [-0.15, -0.1) is 0 Å². The minimum atomic E-state index is -4.44. The summed E-state index contributed by atoms with van der Waals surface area (Å²) in [7, 11) is 0. The zero-order valence-electron chi connectivity index (χ0n) is 14.6. The summed E-state index contributed by atoms with van der Waals surface area (Å²) >= 11 is 0. The normalized spacial score (nSPS) is 11.4. The maximum Gasteiger partial charge on any atom is 0.416 e. The van der Waals surface area contributed by atoms with E-state index in [0.29, 0.717) is 22.2 Å². The molecular weight excluding hydrogens is 371 g/mol. The Bertz CT molecular complexity index is 1080. The van der Waals surface area contributed by atoms with Gasteiger partial charge in [-0.3, -0.25) is 9.59 Å². The Labute approximate surface area is 158 Å². The Morgan fingerprint density at radius 3 is 2.57 bits per heavy atom. The molecule has 2 amide bonds. The van der Waals surface area contributed by atoms with Crippen LogP contribution >= 0.6 is 0 Å². The van der Waals surface area contributed by atoms with Crippen LogP contribution in [0.3, 0.4) is 0 Å². The van der Waals surface area contributed by atoms with E-state index in [1.165, 1.54) is 12.3 Å². The molecule has 3 N–H and O–H groups in total. The summed E-state index contributed by atoms with van der Waals surface area (Å²) in [5.41, 5.74) is 6.37. The number of primary amides is 1. The van der Waals surface area contributed by atoms with Crippen LogP contribution in [0.4, 0.5) is 18.9 Å². The SMILES string of the molecule is C=CC(=O)Nc1ccc2c(c1)c(C(N)=O)cn2Cc1cccc(C(F)(F)F)c1. The molecule has 1 aromatic heterocycles. The maximum absolute atomic E-state index is 12.9. The monoisotopic (exact) mass is 387 g/mol. The number of carbonyl (C=O) groups excluding carboxylic acids is 2. The number of alkyl halides is 3. The van der Waals surface area contributed by atoms with Crippen LogP contribution in [0.25, 0.3) is 10.9 Å². The molecule has 5 nitrogen and oxygen atoms in total. The van der Waals surface area contributed by atoms with E-state index < -0.39 is 23.6 Å². The summed E-state index contributed by atoms with van der Waals surface area (Å²) < 4.78 is 40.5. The quantitative estimate of drug-likeness (QED) is 0.651. The first-order valence-electron chi connectivity index (χ1n) is 8.21. The minimum absolute atomic E-state index is 0.117. The smallest absolute Gasteiger partial charge is 0.366 e. The van der Waals surface area contributed by atoms with E-state index >= 15 is 0 Å². The number of halogens is 3. The number of nitrogens with one attached hydrogen (secondary N) is 1. The van der Waals surface area contributed by atoms with Crippen molar-refractivity contribution in [3.8, 4) is 0 Å². The first-order chi connectivity index (χ1) is 13.2. The Morgan fingerprint density at radius 1 is 1.18 bits per heavy atom. The number of fused-ring (bicyclic) bond motifs is 1. The third kappa shape index (κ3) is 3.90. The van der Waals surface area contributed by atoms with Crippen molar-refractivity contribution in [3.63, 3.8) is 0 Å². The molecule has 144 valence electrons. The molecule has 0 aliphatic heterocycles. The molecule has 0 atom stereocenters. The summed E-state index contributed by atoms with van der Waals surface area (Å²) in [6.07, 6.45) is -1.84. The molecule has 28 heavy (non-hydrogen) atoms. The second kappa shape index (κ2) is 7.22. The van der Waals surface area contributed by atoms with Gasteiger partial charge in [0.25, 0.3) is 5.91 Å². The lowest BCUT2D eigenvalue weighted by molar-refractivity contribution is -0.137. The molecule has 0 saturated carbocycles. The maximum atomic E-state index is 12.9. The van der Waals surface area contributed by atoms with Gasteiger partial charge in [-0.1, -0.05) is 18.7 Å². The number of nitrogens with two attached hydrogens (primary N) is 1. The lowest BCUT2D eigenvalue weighted by Crippen LogP contribution is -2.10. The van der Waals surface area contributed by atoms with E-state index in [0.717, 1.165) is 18.2 Å². The molecule has 3 rings (SSSR count). The number of hydrogen-bond donors (Lipinski definition) is 2. The first-order valence-corrected chi connectivity index (χ1v) is 8.21. The van der Waals surface area contributed by atoms with Crippen molar-refractivity contribution in [2.75, 3.05) is 5.32 Å². The molecular formula is C20H16F3N3O2. The van der Waals surface area contributed by atoms with Gasteiger partial charge < -0.3 is 15.6 Å². The van der Waals surface area contributed by atoms with E-state index in [-0.39, 0.29) is 12.1 Å². The van der Waals surface area contributed by atoms with E-state index in [4.69, 9.17) is 5.73 Å². The van der Waals surface area contributed by atoms with Crippen LogP contribution in [0, 0.1) is 0 Å². The van der Waals surface area contributed by atoms with Crippen molar-refractivity contribution >= 4 is 28.4 Å². The number of benzene rings is 2. The van der Waals surface area contributed by atoms with Gasteiger partial charge in [-0.05, 0) is 42.0 Å². The highest BCUT2D eigenvalue weighted by Crippen LogP contribution is 2.30. The summed E-state index contributed by atoms with van der Waals surface area (Å²) in [5.74, 6) is -1.09. The number of nitrogens with zero attached hydrogens (tertiary/aromatic N) is 1. The Morgan fingerprint density at radius 2 is 1.93 bits per heavy atom. The fourth-order valence-electron chi connectivity index (χ4n) is 2.94. The average Bonchev–Trinajstić information content (AvgIpc) is 2.99. The molecule has 0 bridgehead atoms. The number of hydrogen-bond acceptors (Lipinski definition) is 2. The summed E-state index contributed by atoms with van der Waals surface area (Å²) in [5, 5.41) is 3.08. The van der Waals surface area contributed by atoms with Gasteiger partial charge in [-0.2, -0.15) is 13.2 Å². The van der Waals surface area contributed by atoms with Crippen LogP contribution in [0.15, 0.2) is 61.3 Å². The number of anilines is 1. The highest BCUT2D eigenvalue weighted by molar-refractivity contribution is 6.08. The highest BCUT2D eigenvalue weighted by Gasteiger charge is 2.30. The van der Waals surface area contributed by atoms with Crippen molar-refractivity contribution in [2.45, 2.75) is 12.7 Å². The fourth-order valence-corrected chi connectivity index (χ4v) is 2.94. The standard InChI is InChI=1S/C20H16F3N3O2/c1-2-18(27)25-14-6-7-17-15(9-14)16(19(24)28)11-26(17)10-12-4-3-5-13(8-12)20(21,22)23/h2-9,11H,1,10H2,(H2,24,28)(H,25,27). The molecule has 3 aromatic rings. The van der Waals surface area contributed by atoms with Crippen LogP contribution < -0.4 is 11.1 Å². The van der Waals surface area contributed by atoms with Gasteiger partial charge in [0.15, 0.2) is 0 Å². The van der Waals surface area contributed by atoms with Crippen molar-refractivity contribution < 1.29 is 22.8 Å². The lowest BCUT2D eigenvalue weighted by atomic mass is 10.1. The number of amides is 2. The summed E-state index contributed by atoms with van der Waals surface area (Å²) in [6, 6.07) is 9.84. The predicted octanol–water partition coefficient (Wildman–Crippen LogP) is 3.93. The van der Waals surface area contributed by atoms with Gasteiger partial charge in [-0.25, -0.2) is 0 Å². The summed E-state index contributed by atoms with van der Waals surface area (Å²) in [4.78, 5) is 23.3. The minimum Gasteiger partial charge on any atom is -0.366 e. The Balaban J connectivity index is 2.03. The lowest BCUT2D eigenvalue weighted by Gasteiger charge is -2.10. The predicted molar refractivity (Wildman–Crippen MR) is 99.8 cm³/mol. The number of carbonyl (C=O) groups is 2. The molecule has 8 heteroatoms. The molecule has 2 aromatic carbocycles. The Hall–Kier alpha value is -3.55. The van der Waals surface area contributed by atoms with Crippen LogP contribution in [0.2, 0.25) is 0 Å². The highest BCUT2D eigenvalue weighted by atomic mass is 19.4. The molecule has 0 spiro atoms.